The van der Waals surface area contributed by atoms with E-state index in [1.165, 1.54) is 13.0 Å². The molecule has 1 atom stereocenters. The van der Waals surface area contributed by atoms with Crippen molar-refractivity contribution in [2.45, 2.75) is 43.9 Å². The van der Waals surface area contributed by atoms with Gasteiger partial charge < -0.3 is 9.69 Å². The van der Waals surface area contributed by atoms with Crippen molar-refractivity contribution >= 4 is 36.5 Å². The molecule has 0 saturated heterocycles. The Kier molecular flexibility index (Phi) is 7.94. The summed E-state index contributed by atoms with van der Waals surface area (Å²) in [5.41, 5.74) is -0.391. The van der Waals surface area contributed by atoms with Crippen LogP contribution in [0.5, 0.6) is 0 Å². The minimum Gasteiger partial charge on any atom is -0.540 e. The quantitative estimate of drug-likeness (QED) is 0.426. The van der Waals surface area contributed by atoms with Gasteiger partial charge in [0, 0.05) is 31.5 Å². The number of carbonyl (C=O) groups excluding carboxylic acids is 2. The van der Waals surface area contributed by atoms with Crippen LogP contribution >= 0.6 is 8.61 Å². The summed E-state index contributed by atoms with van der Waals surface area (Å²) < 4.78 is 49.7. The monoisotopic (exact) mass is 430 g/mol. The molecular weight excluding hydrogens is 417 g/mol. The van der Waals surface area contributed by atoms with Gasteiger partial charge in [0.1, 0.15) is 0 Å². The fourth-order valence-corrected chi connectivity index (χ4v) is 3.23. The number of hydrogen-bond donors (Lipinski definition) is 1. The SMILES string of the molecule is [B]C1([B])c2cc(C)c(C(F)(F)F)cc2CN1C(=O)CCC([C-]=O)NP=O.[V]. The van der Waals surface area contributed by atoms with Crippen LogP contribution in [-0.4, -0.2) is 38.8 Å². The molecule has 12 heteroatoms. The van der Waals surface area contributed by atoms with E-state index >= 15 is 0 Å². The Hall–Kier alpha value is -1.08. The van der Waals surface area contributed by atoms with E-state index in [1.807, 2.05) is 0 Å². The molecule has 139 valence electrons. The Bertz CT molecular complexity index is 750. The van der Waals surface area contributed by atoms with E-state index in [-0.39, 0.29) is 54.6 Å². The predicted molar refractivity (Wildman–Crippen MR) is 89.4 cm³/mol. The zero-order valence-corrected chi connectivity index (χ0v) is 16.5. The number of nitrogens with one attached hydrogen (secondary N) is 1. The molecule has 1 aromatic carbocycles. The third-order valence-corrected chi connectivity index (χ3v) is 4.68. The van der Waals surface area contributed by atoms with Gasteiger partial charge in [0.05, 0.1) is 21.3 Å². The molecule has 1 unspecified atom stereocenters. The van der Waals surface area contributed by atoms with Crippen molar-refractivity contribution in [1.82, 2.24) is 9.99 Å². The molecule has 1 aliphatic rings. The zero-order chi connectivity index (χ0) is 19.7. The zero-order valence-electron chi connectivity index (χ0n) is 14.2. The van der Waals surface area contributed by atoms with Crippen molar-refractivity contribution in [2.75, 3.05) is 0 Å². The summed E-state index contributed by atoms with van der Waals surface area (Å²) in [6.07, 6.45) is -3.11. The summed E-state index contributed by atoms with van der Waals surface area (Å²) in [7, 11) is 11.6. The number of halogens is 3. The summed E-state index contributed by atoms with van der Waals surface area (Å²) in [6.45, 7) is 1.12. The van der Waals surface area contributed by atoms with Crippen LogP contribution in [0.3, 0.4) is 0 Å². The second kappa shape index (κ2) is 8.95. The van der Waals surface area contributed by atoms with E-state index in [0.29, 0.717) is 0 Å². The van der Waals surface area contributed by atoms with Crippen molar-refractivity contribution in [3.05, 3.63) is 34.4 Å². The van der Waals surface area contributed by atoms with E-state index < -0.39 is 37.6 Å². The van der Waals surface area contributed by atoms with Crippen LogP contribution in [-0.2, 0) is 50.8 Å². The van der Waals surface area contributed by atoms with Crippen LogP contribution in [0.15, 0.2) is 12.1 Å². The van der Waals surface area contributed by atoms with Crippen molar-refractivity contribution in [2.24, 2.45) is 0 Å². The number of nitrogens with zero attached hydrogens (tertiary/aromatic N) is 1. The Labute approximate surface area is 170 Å². The van der Waals surface area contributed by atoms with Gasteiger partial charge in [-0.1, -0.05) is 18.5 Å². The van der Waals surface area contributed by atoms with E-state index in [0.717, 1.165) is 11.0 Å². The van der Waals surface area contributed by atoms with Crippen molar-refractivity contribution in [3.63, 3.8) is 0 Å². The third-order valence-electron chi connectivity index (χ3n) is 4.26. The maximum Gasteiger partial charge on any atom is 0.416 e. The summed E-state index contributed by atoms with van der Waals surface area (Å²) in [6, 6.07) is 1.27. The fourth-order valence-electron chi connectivity index (χ4n) is 2.92. The van der Waals surface area contributed by atoms with Gasteiger partial charge in [-0.15, -0.1) is 0 Å². The average Bonchev–Trinajstić information content (AvgIpc) is 2.80. The summed E-state index contributed by atoms with van der Waals surface area (Å²) in [5.74, 6) is -0.540. The molecule has 1 amide bonds. The van der Waals surface area contributed by atoms with Crippen LogP contribution in [0.2, 0.25) is 0 Å². The van der Waals surface area contributed by atoms with E-state index in [1.54, 1.807) is 6.29 Å². The standard InChI is InChI=1S/C15H13B2F3N2O3P.V/c1-8-4-12-9(5-11(8)15(18,19)20)6-22(14(12,16)17)13(24)3-2-10(7-23)21-26-25;/h4-5,10H,2-3,6H2,1H3,(H,21,25);/q-1;. The normalized spacial score (nSPS) is 16.5. The molecular formula is C15H13B2F3N2O3PV-. The van der Waals surface area contributed by atoms with Crippen LogP contribution in [0, 0.1) is 6.92 Å². The summed E-state index contributed by atoms with van der Waals surface area (Å²) in [4.78, 5) is 24.2. The van der Waals surface area contributed by atoms with Crippen LogP contribution in [0.4, 0.5) is 13.2 Å². The number of benzene rings is 1. The molecule has 0 bridgehead atoms. The Balaban J connectivity index is 0.00000364. The molecule has 2 rings (SSSR count). The first-order valence-electron chi connectivity index (χ1n) is 7.57. The molecule has 0 aromatic heterocycles. The molecule has 0 spiro atoms. The summed E-state index contributed by atoms with van der Waals surface area (Å²) >= 11 is 0. The number of carbonyl (C=O) groups is 1. The Morgan fingerprint density at radius 2 is 2.07 bits per heavy atom. The van der Waals surface area contributed by atoms with Crippen molar-refractivity contribution < 1.29 is 45.9 Å². The van der Waals surface area contributed by atoms with Crippen LogP contribution in [0.25, 0.3) is 0 Å². The van der Waals surface area contributed by atoms with Gasteiger partial charge in [-0.25, -0.2) is 6.29 Å². The van der Waals surface area contributed by atoms with Crippen molar-refractivity contribution in [1.29, 1.82) is 0 Å². The molecule has 1 heterocycles. The number of aryl methyl sites for hydroxylation is 1. The second-order valence-electron chi connectivity index (χ2n) is 6.06. The molecule has 0 fully saturated rings. The Morgan fingerprint density at radius 1 is 1.44 bits per heavy atom. The molecule has 0 aliphatic carbocycles. The first kappa shape index (κ1) is 24.0. The number of rotatable bonds is 6. The maximum absolute atomic E-state index is 13.1. The first-order chi connectivity index (χ1) is 12.0. The van der Waals surface area contributed by atoms with Crippen LogP contribution in [0.1, 0.15) is 35.1 Å². The van der Waals surface area contributed by atoms with Gasteiger partial charge in [0.25, 0.3) is 0 Å². The number of amides is 1. The number of hydrogen-bond acceptors (Lipinski definition) is 3. The second-order valence-corrected chi connectivity index (χ2v) is 6.50. The molecule has 1 N–H and O–H groups in total. The minimum atomic E-state index is -4.53. The molecule has 1 aromatic rings. The van der Waals surface area contributed by atoms with Crippen molar-refractivity contribution in [3.8, 4) is 0 Å². The van der Waals surface area contributed by atoms with Crippen LogP contribution < -0.4 is 5.09 Å². The molecule has 5 nitrogen and oxygen atoms in total. The predicted octanol–water partition coefficient (Wildman–Crippen LogP) is 1.86. The van der Waals surface area contributed by atoms with Gasteiger partial charge in [-0.05, 0) is 35.0 Å². The molecule has 1 aliphatic heterocycles. The van der Waals surface area contributed by atoms with E-state index in [9.17, 15) is 27.3 Å². The van der Waals surface area contributed by atoms with Gasteiger partial charge in [0.15, 0.2) is 0 Å². The maximum atomic E-state index is 13.1. The van der Waals surface area contributed by atoms with Gasteiger partial charge in [-0.3, -0.25) is 14.4 Å². The topological polar surface area (TPSA) is 66.5 Å². The van der Waals surface area contributed by atoms with Gasteiger partial charge in [0.2, 0.25) is 14.5 Å². The van der Waals surface area contributed by atoms with Gasteiger partial charge in [-0.2, -0.15) is 13.2 Å². The third kappa shape index (κ3) is 5.05. The Morgan fingerprint density at radius 3 is 2.59 bits per heavy atom. The molecule has 0 saturated carbocycles. The van der Waals surface area contributed by atoms with E-state index in [4.69, 9.17) is 15.7 Å². The number of alkyl halides is 3. The number of fused-ring (bicyclic) bond motifs is 1. The first-order valence-corrected chi connectivity index (χ1v) is 8.38. The van der Waals surface area contributed by atoms with E-state index in [2.05, 4.69) is 5.09 Å². The smallest absolute Gasteiger partial charge is 0.416 e. The molecule has 27 heavy (non-hydrogen) atoms. The van der Waals surface area contributed by atoms with Gasteiger partial charge >= 0.3 is 6.18 Å². The molecule has 5 radical (unpaired) electrons. The fraction of sp³-hybridized carbons (Fsp3) is 0.467. The largest absolute Gasteiger partial charge is 0.540 e. The average molecular weight is 430 g/mol. The summed E-state index contributed by atoms with van der Waals surface area (Å²) in [5, 5.41) is 0.524. The minimum absolute atomic E-state index is 0.